The summed E-state index contributed by atoms with van der Waals surface area (Å²) in [6.07, 6.45) is 28.4. The van der Waals surface area contributed by atoms with Gasteiger partial charge in [-0.1, -0.05) is 163 Å². The van der Waals surface area contributed by atoms with E-state index >= 15 is 0 Å². The second-order valence-electron chi connectivity index (χ2n) is 13.3. The van der Waals surface area contributed by atoms with Crippen LogP contribution in [0.25, 0.3) is 0 Å². The minimum atomic E-state index is -0.756. The van der Waals surface area contributed by atoms with Gasteiger partial charge in [-0.2, -0.15) is 0 Å². The van der Waals surface area contributed by atoms with Crippen LogP contribution in [0.5, 0.6) is 0 Å². The van der Waals surface area contributed by atoms with Crippen molar-refractivity contribution in [3.05, 3.63) is 0 Å². The van der Waals surface area contributed by atoms with Crippen molar-refractivity contribution in [3.63, 3.8) is 0 Å². The lowest BCUT2D eigenvalue weighted by molar-refractivity contribution is -0.167. The molecule has 0 saturated heterocycles. The quantitative estimate of drug-likeness (QED) is 0.0410. The van der Waals surface area contributed by atoms with Crippen molar-refractivity contribution in [2.75, 3.05) is 13.2 Å². The number of ether oxygens (including phenoxy) is 3. The second-order valence-corrected chi connectivity index (χ2v) is 13.3. The molecule has 0 N–H and O–H groups in total. The first kappa shape index (κ1) is 42.4. The highest BCUT2D eigenvalue weighted by atomic mass is 16.6. The summed E-state index contributed by atoms with van der Waals surface area (Å²) in [5.74, 6) is -0.125. The van der Waals surface area contributed by atoms with Crippen molar-refractivity contribution in [3.8, 4) is 0 Å². The van der Waals surface area contributed by atoms with Crippen molar-refractivity contribution >= 4 is 17.9 Å². The number of unbranched alkanes of at least 4 members (excludes halogenated alkanes) is 20. The van der Waals surface area contributed by atoms with Crippen LogP contribution in [-0.4, -0.2) is 37.2 Å². The average molecular weight is 625 g/mol. The van der Waals surface area contributed by atoms with Crippen LogP contribution in [0.2, 0.25) is 0 Å². The van der Waals surface area contributed by atoms with Gasteiger partial charge in [0.1, 0.15) is 13.2 Å². The number of rotatable bonds is 33. The molecule has 0 saturated carbocycles. The monoisotopic (exact) mass is 625 g/mol. The lowest BCUT2D eigenvalue weighted by Crippen LogP contribution is -2.30. The first-order valence-electron chi connectivity index (χ1n) is 18.9. The molecule has 0 fully saturated rings. The summed E-state index contributed by atoms with van der Waals surface area (Å²) in [5.41, 5.74) is 0. The summed E-state index contributed by atoms with van der Waals surface area (Å²) < 4.78 is 16.5. The Labute approximate surface area is 272 Å². The normalized spacial score (nSPS) is 11.9. The Morgan fingerprint density at radius 2 is 0.750 bits per heavy atom. The lowest BCUT2D eigenvalue weighted by Gasteiger charge is -2.18. The molecule has 6 heteroatoms. The number of esters is 3. The molecule has 0 aromatic rings. The van der Waals surface area contributed by atoms with Crippen LogP contribution < -0.4 is 0 Å². The van der Waals surface area contributed by atoms with Gasteiger partial charge >= 0.3 is 17.9 Å². The Kier molecular flexibility index (Phi) is 31.6. The molecular formula is C38H72O6. The first-order chi connectivity index (χ1) is 21.4. The molecule has 0 radical (unpaired) electrons. The van der Waals surface area contributed by atoms with Crippen LogP contribution >= 0.6 is 0 Å². The van der Waals surface area contributed by atoms with Gasteiger partial charge in [0.2, 0.25) is 0 Å². The van der Waals surface area contributed by atoms with E-state index in [2.05, 4.69) is 27.7 Å². The third kappa shape index (κ3) is 31.8. The molecule has 44 heavy (non-hydrogen) atoms. The summed E-state index contributed by atoms with van der Waals surface area (Å²) in [6.45, 7) is 8.80. The molecule has 0 rings (SSSR count). The van der Waals surface area contributed by atoms with Gasteiger partial charge in [0.15, 0.2) is 6.10 Å². The van der Waals surface area contributed by atoms with Crippen molar-refractivity contribution in [1.29, 1.82) is 0 Å². The number of hydrogen-bond donors (Lipinski definition) is 0. The predicted octanol–water partition coefficient (Wildman–Crippen LogP) is 11.2. The Bertz CT molecular complexity index is 662. The number of hydrogen-bond acceptors (Lipinski definition) is 6. The predicted molar refractivity (Wildman–Crippen MR) is 183 cm³/mol. The molecule has 0 aliphatic carbocycles. The largest absolute Gasteiger partial charge is 0.462 e. The fraction of sp³-hybridized carbons (Fsp3) is 0.921. The van der Waals surface area contributed by atoms with Gasteiger partial charge in [0.25, 0.3) is 0 Å². The Balaban J connectivity index is 4.27. The van der Waals surface area contributed by atoms with Gasteiger partial charge in [-0.15, -0.1) is 0 Å². The Morgan fingerprint density at radius 3 is 1.11 bits per heavy atom. The van der Waals surface area contributed by atoms with Crippen LogP contribution in [-0.2, 0) is 28.6 Å². The zero-order valence-corrected chi connectivity index (χ0v) is 29.6. The van der Waals surface area contributed by atoms with Gasteiger partial charge in [-0.25, -0.2) is 0 Å². The fourth-order valence-electron chi connectivity index (χ4n) is 5.39. The Morgan fingerprint density at radius 1 is 0.432 bits per heavy atom. The molecular weight excluding hydrogens is 552 g/mol. The molecule has 1 atom stereocenters. The van der Waals surface area contributed by atoms with E-state index in [1.807, 2.05) is 0 Å². The molecule has 0 unspecified atom stereocenters. The van der Waals surface area contributed by atoms with E-state index < -0.39 is 6.10 Å². The zero-order valence-electron chi connectivity index (χ0n) is 29.6. The van der Waals surface area contributed by atoms with E-state index in [-0.39, 0.29) is 31.1 Å². The maximum atomic E-state index is 12.5. The van der Waals surface area contributed by atoms with Crippen molar-refractivity contribution in [2.24, 2.45) is 5.92 Å². The van der Waals surface area contributed by atoms with Crippen LogP contribution in [0.15, 0.2) is 0 Å². The minimum absolute atomic E-state index is 0.0670. The van der Waals surface area contributed by atoms with E-state index in [1.165, 1.54) is 89.9 Å². The summed E-state index contributed by atoms with van der Waals surface area (Å²) >= 11 is 0. The third-order valence-corrected chi connectivity index (χ3v) is 8.29. The van der Waals surface area contributed by atoms with Crippen LogP contribution in [0.4, 0.5) is 0 Å². The summed E-state index contributed by atoms with van der Waals surface area (Å²) in [6, 6.07) is 0. The summed E-state index contributed by atoms with van der Waals surface area (Å²) in [4.78, 5) is 37.1. The van der Waals surface area contributed by atoms with E-state index in [4.69, 9.17) is 14.2 Å². The molecule has 260 valence electrons. The molecule has 0 bridgehead atoms. The molecule has 0 aliphatic rings. The van der Waals surface area contributed by atoms with Crippen molar-refractivity contribution < 1.29 is 28.6 Å². The fourth-order valence-corrected chi connectivity index (χ4v) is 5.39. The molecule has 0 heterocycles. The highest BCUT2D eigenvalue weighted by Crippen LogP contribution is 2.15. The molecule has 0 spiro atoms. The van der Waals surface area contributed by atoms with Gasteiger partial charge < -0.3 is 14.2 Å². The van der Waals surface area contributed by atoms with E-state index in [1.54, 1.807) is 0 Å². The minimum Gasteiger partial charge on any atom is -0.462 e. The first-order valence-corrected chi connectivity index (χ1v) is 18.9. The lowest BCUT2D eigenvalue weighted by atomic mass is 10.0. The molecule has 6 nitrogen and oxygen atoms in total. The highest BCUT2D eigenvalue weighted by molar-refractivity contribution is 5.71. The maximum Gasteiger partial charge on any atom is 0.306 e. The van der Waals surface area contributed by atoms with Crippen molar-refractivity contribution in [1.82, 2.24) is 0 Å². The van der Waals surface area contributed by atoms with Crippen LogP contribution in [0.1, 0.15) is 201 Å². The standard InChI is InChI=1S/C38H72O6/c1-5-7-9-11-12-13-14-15-16-17-22-26-30-37(40)43-33-35(32-42-36(39)29-25-20-10-8-6-2)44-38(41)31-27-23-19-18-21-24-28-34(3)4/h34-35H,5-33H2,1-4H3/t35-/m1/s1. The van der Waals surface area contributed by atoms with Crippen molar-refractivity contribution in [2.45, 2.75) is 207 Å². The molecule has 0 aromatic heterocycles. The molecule has 0 amide bonds. The van der Waals surface area contributed by atoms with Gasteiger partial charge in [0.05, 0.1) is 0 Å². The average Bonchev–Trinajstić information content (AvgIpc) is 3.00. The highest BCUT2D eigenvalue weighted by Gasteiger charge is 2.19. The number of carbonyl (C=O) groups is 3. The van der Waals surface area contributed by atoms with E-state index in [9.17, 15) is 14.4 Å². The topological polar surface area (TPSA) is 78.9 Å². The maximum absolute atomic E-state index is 12.5. The third-order valence-electron chi connectivity index (χ3n) is 8.29. The van der Waals surface area contributed by atoms with Gasteiger partial charge in [-0.3, -0.25) is 14.4 Å². The SMILES string of the molecule is CCCCCCCCCCCCCCC(=O)OC[C@@H](COC(=O)CCCCCCC)OC(=O)CCCCCCCCC(C)C. The van der Waals surface area contributed by atoms with Gasteiger partial charge in [0, 0.05) is 19.3 Å². The van der Waals surface area contributed by atoms with E-state index in [0.717, 1.165) is 70.1 Å². The second kappa shape index (κ2) is 32.8. The Hall–Kier alpha value is -1.59. The number of carbonyl (C=O) groups excluding carboxylic acids is 3. The molecule has 0 aliphatic heterocycles. The smallest absolute Gasteiger partial charge is 0.306 e. The zero-order chi connectivity index (χ0) is 32.5. The van der Waals surface area contributed by atoms with Crippen LogP contribution in [0.3, 0.4) is 0 Å². The van der Waals surface area contributed by atoms with E-state index in [0.29, 0.717) is 19.3 Å². The summed E-state index contributed by atoms with van der Waals surface area (Å²) in [5, 5.41) is 0. The van der Waals surface area contributed by atoms with Gasteiger partial charge in [-0.05, 0) is 25.2 Å². The molecule has 0 aromatic carbocycles. The summed E-state index contributed by atoms with van der Waals surface area (Å²) in [7, 11) is 0. The van der Waals surface area contributed by atoms with Crippen LogP contribution in [0, 0.1) is 5.92 Å².